The maximum atomic E-state index is 12.8. The third-order valence-corrected chi connectivity index (χ3v) is 7.85. The molecule has 1 aromatic heterocycles. The zero-order valence-electron chi connectivity index (χ0n) is 16.3. The van der Waals surface area contributed by atoms with Crippen LogP contribution >= 0.6 is 12.2 Å². The van der Waals surface area contributed by atoms with E-state index in [0.29, 0.717) is 47.9 Å². The van der Waals surface area contributed by atoms with Crippen molar-refractivity contribution in [2.24, 2.45) is 0 Å². The van der Waals surface area contributed by atoms with E-state index in [0.717, 1.165) is 16.8 Å². The molecule has 6 nitrogen and oxygen atoms in total. The third-order valence-electron chi connectivity index (χ3n) is 5.51. The summed E-state index contributed by atoms with van der Waals surface area (Å²) in [5.74, 6) is 0. The average molecular weight is 417 g/mol. The van der Waals surface area contributed by atoms with Crippen LogP contribution in [-0.4, -0.2) is 48.4 Å². The van der Waals surface area contributed by atoms with Crippen LogP contribution in [0.1, 0.15) is 22.4 Å². The van der Waals surface area contributed by atoms with Crippen LogP contribution in [0.3, 0.4) is 0 Å². The summed E-state index contributed by atoms with van der Waals surface area (Å²) < 4.78 is 29.6. The van der Waals surface area contributed by atoms with Crippen LogP contribution in [0.15, 0.2) is 35.2 Å². The Hall–Kier alpha value is -2.05. The third kappa shape index (κ3) is 3.76. The Bertz CT molecular complexity index is 1080. The van der Waals surface area contributed by atoms with E-state index in [4.69, 9.17) is 12.2 Å². The van der Waals surface area contributed by atoms with Gasteiger partial charge in [-0.15, -0.1) is 0 Å². The summed E-state index contributed by atoms with van der Waals surface area (Å²) in [7, 11) is -3.46. The van der Waals surface area contributed by atoms with Gasteiger partial charge in [0.1, 0.15) is 10.7 Å². The van der Waals surface area contributed by atoms with Crippen LogP contribution < -0.4 is 0 Å². The first-order chi connectivity index (χ1) is 13.3. The van der Waals surface area contributed by atoms with Crippen LogP contribution in [0, 0.1) is 36.7 Å². The van der Waals surface area contributed by atoms with E-state index in [-0.39, 0.29) is 0 Å². The molecule has 1 aliphatic rings. The van der Waals surface area contributed by atoms with Crippen molar-refractivity contribution >= 4 is 22.2 Å². The highest BCUT2D eigenvalue weighted by atomic mass is 32.2. The molecule has 2 heterocycles. The molecule has 3 rings (SSSR count). The summed E-state index contributed by atoms with van der Waals surface area (Å²) in [6.45, 7) is 8.58. The number of pyridine rings is 1. The molecular formula is C20H24N4O2S2. The minimum Gasteiger partial charge on any atom is -0.322 e. The summed E-state index contributed by atoms with van der Waals surface area (Å²) in [5.41, 5.74) is 3.58. The van der Waals surface area contributed by atoms with E-state index in [9.17, 15) is 13.7 Å². The zero-order valence-corrected chi connectivity index (χ0v) is 18.0. The minimum absolute atomic E-state index is 0.328. The zero-order chi connectivity index (χ0) is 20.5. The molecule has 0 N–H and O–H groups in total. The van der Waals surface area contributed by atoms with Crippen molar-refractivity contribution in [2.75, 3.05) is 26.2 Å². The smallest absolute Gasteiger partial charge is 0.243 e. The molecule has 28 heavy (non-hydrogen) atoms. The molecule has 0 atom stereocenters. The highest BCUT2D eigenvalue weighted by Gasteiger charge is 2.28. The lowest BCUT2D eigenvalue weighted by Crippen LogP contribution is -2.49. The standard InChI is InChI=1S/C20H24N4O2S2/c1-15-16(2)19(13-21)20(27)24(17(15)3)14-22-9-11-23(12-10-22)28(25,26)18-7-5-4-6-8-18/h4-8H,9-12,14H2,1-3H3. The van der Waals surface area contributed by atoms with E-state index < -0.39 is 10.0 Å². The fourth-order valence-electron chi connectivity index (χ4n) is 3.46. The topological polar surface area (TPSA) is 69.3 Å². The average Bonchev–Trinajstić information content (AvgIpc) is 2.71. The van der Waals surface area contributed by atoms with Crippen molar-refractivity contribution in [3.63, 3.8) is 0 Å². The Morgan fingerprint density at radius 1 is 1.04 bits per heavy atom. The first-order valence-corrected chi connectivity index (χ1v) is 11.0. The fraction of sp³-hybridized carbons (Fsp3) is 0.400. The molecule has 0 unspecified atom stereocenters. The van der Waals surface area contributed by atoms with Gasteiger partial charge in [0.15, 0.2) is 0 Å². The Morgan fingerprint density at radius 3 is 2.21 bits per heavy atom. The summed E-state index contributed by atoms with van der Waals surface area (Å²) in [4.78, 5) is 2.50. The van der Waals surface area contributed by atoms with Crippen molar-refractivity contribution < 1.29 is 8.42 Å². The predicted octanol–water partition coefficient (Wildman–Crippen LogP) is 2.98. The van der Waals surface area contributed by atoms with E-state index in [1.807, 2.05) is 31.4 Å². The number of hydrogen-bond acceptors (Lipinski definition) is 5. The summed E-state index contributed by atoms with van der Waals surface area (Å²) in [5, 5.41) is 9.46. The number of nitrogens with zero attached hydrogens (tertiary/aromatic N) is 4. The Kier molecular flexibility index (Phi) is 6.01. The number of piperazine rings is 1. The lowest BCUT2D eigenvalue weighted by atomic mass is 10.0. The van der Waals surface area contributed by atoms with E-state index in [1.165, 1.54) is 4.31 Å². The lowest BCUT2D eigenvalue weighted by Gasteiger charge is -2.35. The second kappa shape index (κ2) is 8.13. The van der Waals surface area contributed by atoms with Crippen molar-refractivity contribution in [1.82, 2.24) is 13.8 Å². The Morgan fingerprint density at radius 2 is 1.64 bits per heavy atom. The van der Waals surface area contributed by atoms with E-state index in [2.05, 4.69) is 11.0 Å². The van der Waals surface area contributed by atoms with Gasteiger partial charge in [0.05, 0.1) is 17.1 Å². The SMILES string of the molecule is Cc1c(C)c(C)n(CN2CCN(S(=O)(=O)c3ccccc3)CC2)c(=S)c1C#N. The monoisotopic (exact) mass is 416 g/mol. The van der Waals surface area contributed by atoms with Gasteiger partial charge in [-0.05, 0) is 44.0 Å². The molecule has 1 aliphatic heterocycles. The number of aromatic nitrogens is 1. The van der Waals surface area contributed by atoms with Crippen LogP contribution in [0.2, 0.25) is 0 Å². The number of hydrogen-bond donors (Lipinski definition) is 0. The second-order valence-corrected chi connectivity index (χ2v) is 9.36. The molecule has 8 heteroatoms. The van der Waals surface area contributed by atoms with Gasteiger partial charge in [-0.2, -0.15) is 9.57 Å². The van der Waals surface area contributed by atoms with E-state index in [1.54, 1.807) is 24.3 Å². The van der Waals surface area contributed by atoms with Crippen molar-refractivity contribution in [3.8, 4) is 6.07 Å². The van der Waals surface area contributed by atoms with Gasteiger partial charge in [0, 0.05) is 31.9 Å². The molecule has 0 bridgehead atoms. The van der Waals surface area contributed by atoms with Crippen molar-refractivity contribution in [3.05, 3.63) is 57.4 Å². The Labute approximate surface area is 171 Å². The molecule has 0 radical (unpaired) electrons. The molecule has 0 amide bonds. The van der Waals surface area contributed by atoms with Crippen molar-refractivity contribution in [1.29, 1.82) is 5.26 Å². The van der Waals surface area contributed by atoms with Crippen LogP contribution in [-0.2, 0) is 16.7 Å². The number of rotatable bonds is 4. The highest BCUT2D eigenvalue weighted by molar-refractivity contribution is 7.89. The lowest BCUT2D eigenvalue weighted by molar-refractivity contribution is 0.150. The second-order valence-electron chi connectivity index (χ2n) is 7.03. The molecule has 0 saturated carbocycles. The highest BCUT2D eigenvalue weighted by Crippen LogP contribution is 2.21. The maximum absolute atomic E-state index is 12.8. The normalized spacial score (nSPS) is 16.1. The van der Waals surface area contributed by atoms with Gasteiger partial charge in [0.25, 0.3) is 0 Å². The maximum Gasteiger partial charge on any atom is 0.243 e. The van der Waals surface area contributed by atoms with Crippen molar-refractivity contribution in [2.45, 2.75) is 32.3 Å². The fourth-order valence-corrected chi connectivity index (χ4v) is 5.30. The van der Waals surface area contributed by atoms with E-state index >= 15 is 0 Å². The number of sulfonamides is 1. The molecule has 1 fully saturated rings. The van der Waals surface area contributed by atoms with Gasteiger partial charge in [0.2, 0.25) is 10.0 Å². The molecule has 148 valence electrons. The molecule has 1 aromatic carbocycles. The molecule has 2 aromatic rings. The largest absolute Gasteiger partial charge is 0.322 e. The summed E-state index contributed by atoms with van der Waals surface area (Å²) in [6.07, 6.45) is 0. The number of nitriles is 1. The van der Waals surface area contributed by atoms with Gasteiger partial charge in [-0.25, -0.2) is 8.42 Å². The van der Waals surface area contributed by atoms with Crippen LogP contribution in [0.5, 0.6) is 0 Å². The quantitative estimate of drug-likeness (QED) is 0.717. The molecule has 0 spiro atoms. The van der Waals surface area contributed by atoms with Gasteiger partial charge in [-0.1, -0.05) is 30.4 Å². The molecular weight excluding hydrogens is 392 g/mol. The van der Waals surface area contributed by atoms with Crippen LogP contribution in [0.25, 0.3) is 0 Å². The summed E-state index contributed by atoms with van der Waals surface area (Å²) >= 11 is 5.55. The first-order valence-electron chi connectivity index (χ1n) is 9.15. The van der Waals surface area contributed by atoms with Crippen LogP contribution in [0.4, 0.5) is 0 Å². The summed E-state index contributed by atoms with van der Waals surface area (Å²) in [6, 6.07) is 10.8. The molecule has 1 saturated heterocycles. The van der Waals surface area contributed by atoms with Gasteiger partial charge in [-0.3, -0.25) is 4.90 Å². The minimum atomic E-state index is -3.46. The van der Waals surface area contributed by atoms with Gasteiger partial charge >= 0.3 is 0 Å². The first kappa shape index (κ1) is 20.7. The molecule has 0 aliphatic carbocycles. The Balaban J connectivity index is 1.77. The predicted molar refractivity (Wildman–Crippen MR) is 111 cm³/mol. The number of benzene rings is 1. The van der Waals surface area contributed by atoms with Gasteiger partial charge < -0.3 is 4.57 Å².